The number of carbonyl (C=O) groups is 1. The van der Waals surface area contributed by atoms with E-state index in [1.165, 1.54) is 12.0 Å². The highest BCUT2D eigenvalue weighted by Gasteiger charge is 2.33. The second-order valence-electron chi connectivity index (χ2n) is 4.14. The molecule has 0 saturated heterocycles. The van der Waals surface area contributed by atoms with Gasteiger partial charge in [-0.05, 0) is 25.0 Å². The molecule has 0 spiro atoms. The van der Waals surface area contributed by atoms with Crippen LogP contribution in [0.1, 0.15) is 28.7 Å². The Morgan fingerprint density at radius 1 is 1.43 bits per heavy atom. The van der Waals surface area contributed by atoms with Crippen LogP contribution in [-0.2, 0) is 10.9 Å². The fourth-order valence-corrected chi connectivity index (χ4v) is 1.43. The second-order valence-corrected chi connectivity index (χ2v) is 4.14. The van der Waals surface area contributed by atoms with Gasteiger partial charge in [0.15, 0.2) is 0 Å². The summed E-state index contributed by atoms with van der Waals surface area (Å²) in [6.45, 7) is 2.21. The van der Waals surface area contributed by atoms with E-state index in [1.807, 2.05) is 0 Å². The largest absolute Gasteiger partial charge is 0.433 e. The van der Waals surface area contributed by atoms with Crippen molar-refractivity contribution in [2.45, 2.75) is 13.1 Å². The fourth-order valence-electron chi connectivity index (χ4n) is 1.43. The molecule has 0 aromatic carbocycles. The molecule has 0 fully saturated rings. The summed E-state index contributed by atoms with van der Waals surface area (Å²) in [4.78, 5) is 16.9. The van der Waals surface area contributed by atoms with Crippen molar-refractivity contribution in [3.05, 3.63) is 29.1 Å². The zero-order valence-electron chi connectivity index (χ0n) is 11.9. The molecule has 1 rings (SSSR count). The van der Waals surface area contributed by atoms with E-state index in [9.17, 15) is 18.0 Å². The van der Waals surface area contributed by atoms with Gasteiger partial charge < -0.3 is 9.64 Å². The van der Waals surface area contributed by atoms with Crippen LogP contribution in [0.4, 0.5) is 13.2 Å². The van der Waals surface area contributed by atoms with Gasteiger partial charge in [0, 0.05) is 20.7 Å². The molecular weight excluding hydrogens is 285 g/mol. The third-order valence-corrected chi connectivity index (χ3v) is 2.66. The minimum absolute atomic E-state index is 0.0369. The van der Waals surface area contributed by atoms with Crippen LogP contribution in [0.3, 0.4) is 0 Å². The first kappa shape index (κ1) is 17.0. The van der Waals surface area contributed by atoms with E-state index < -0.39 is 17.8 Å². The number of hydrogen-bond acceptors (Lipinski definition) is 3. The highest BCUT2D eigenvalue weighted by Crippen LogP contribution is 2.28. The summed E-state index contributed by atoms with van der Waals surface area (Å²) in [5.74, 6) is 4.53. The topological polar surface area (TPSA) is 42.4 Å². The Balaban J connectivity index is 3.31. The zero-order valence-corrected chi connectivity index (χ0v) is 11.9. The SMILES string of the molecule is CCN(C)C(=O)c1ccc(C(F)(F)F)nc1C#CCOC. The summed E-state index contributed by atoms with van der Waals surface area (Å²) < 4.78 is 42.8. The molecule has 21 heavy (non-hydrogen) atoms. The molecule has 114 valence electrons. The van der Waals surface area contributed by atoms with Crippen LogP contribution in [0.5, 0.6) is 0 Å². The summed E-state index contributed by atoms with van der Waals surface area (Å²) >= 11 is 0. The minimum atomic E-state index is -4.59. The third kappa shape index (κ3) is 4.46. The van der Waals surface area contributed by atoms with Crippen molar-refractivity contribution in [3.8, 4) is 11.8 Å². The van der Waals surface area contributed by atoms with Crippen molar-refractivity contribution in [1.29, 1.82) is 0 Å². The predicted octanol–water partition coefficient (Wildman–Crippen LogP) is 2.19. The molecule has 0 N–H and O–H groups in total. The second kappa shape index (κ2) is 7.09. The number of pyridine rings is 1. The van der Waals surface area contributed by atoms with Crippen molar-refractivity contribution in [3.63, 3.8) is 0 Å². The van der Waals surface area contributed by atoms with Gasteiger partial charge in [-0.25, -0.2) is 4.98 Å². The normalized spacial score (nSPS) is 10.8. The first-order valence-corrected chi connectivity index (χ1v) is 6.12. The van der Waals surface area contributed by atoms with Gasteiger partial charge in [0.05, 0.1) is 5.56 Å². The molecule has 1 aromatic rings. The van der Waals surface area contributed by atoms with Crippen molar-refractivity contribution < 1.29 is 22.7 Å². The number of halogens is 3. The average Bonchev–Trinajstić information content (AvgIpc) is 2.45. The van der Waals surface area contributed by atoms with Gasteiger partial charge in [-0.1, -0.05) is 5.92 Å². The summed E-state index contributed by atoms with van der Waals surface area (Å²) in [5.41, 5.74) is -1.25. The van der Waals surface area contributed by atoms with Gasteiger partial charge in [-0.3, -0.25) is 4.79 Å². The Hall–Kier alpha value is -2.07. The lowest BCUT2D eigenvalue weighted by molar-refractivity contribution is -0.141. The van der Waals surface area contributed by atoms with E-state index >= 15 is 0 Å². The average molecular weight is 300 g/mol. The standard InChI is InChI=1S/C14H15F3N2O2/c1-4-19(2)13(20)10-7-8-12(14(15,16)17)18-11(10)6-5-9-21-3/h7-8H,4,9H2,1-3H3. The summed E-state index contributed by atoms with van der Waals surface area (Å²) in [7, 11) is 2.96. The maximum absolute atomic E-state index is 12.7. The van der Waals surface area contributed by atoms with Gasteiger partial charge in [0.1, 0.15) is 18.0 Å². The molecule has 7 heteroatoms. The number of alkyl halides is 3. The quantitative estimate of drug-likeness (QED) is 0.804. The zero-order chi connectivity index (χ0) is 16.0. The van der Waals surface area contributed by atoms with Crippen LogP contribution in [0.15, 0.2) is 12.1 Å². The lowest BCUT2D eigenvalue weighted by atomic mass is 10.1. The number of aromatic nitrogens is 1. The first-order valence-electron chi connectivity index (χ1n) is 6.12. The molecule has 0 radical (unpaired) electrons. The van der Waals surface area contributed by atoms with Crippen molar-refractivity contribution in [1.82, 2.24) is 9.88 Å². The highest BCUT2D eigenvalue weighted by atomic mass is 19.4. The van der Waals surface area contributed by atoms with E-state index in [0.717, 1.165) is 12.1 Å². The maximum atomic E-state index is 12.7. The minimum Gasteiger partial charge on any atom is -0.372 e. The van der Waals surface area contributed by atoms with Crippen LogP contribution >= 0.6 is 0 Å². The Morgan fingerprint density at radius 2 is 2.10 bits per heavy atom. The first-order chi connectivity index (χ1) is 9.81. The van der Waals surface area contributed by atoms with Crippen LogP contribution < -0.4 is 0 Å². The Labute approximate surface area is 120 Å². The monoisotopic (exact) mass is 300 g/mol. The molecule has 0 saturated carbocycles. The highest BCUT2D eigenvalue weighted by molar-refractivity contribution is 5.96. The molecular formula is C14H15F3N2O2. The van der Waals surface area contributed by atoms with Crippen molar-refractivity contribution in [2.24, 2.45) is 0 Å². The van der Waals surface area contributed by atoms with Gasteiger partial charge in [0.2, 0.25) is 0 Å². The number of ether oxygens (including phenoxy) is 1. The molecule has 1 amide bonds. The van der Waals surface area contributed by atoms with Crippen LogP contribution in [-0.4, -0.2) is 43.1 Å². The number of carbonyl (C=O) groups excluding carboxylic acids is 1. The fraction of sp³-hybridized carbons (Fsp3) is 0.429. The van der Waals surface area contributed by atoms with Crippen LogP contribution in [0, 0.1) is 11.8 Å². The molecule has 0 unspecified atom stereocenters. The summed E-state index contributed by atoms with van der Waals surface area (Å²) in [6, 6.07) is 1.87. The number of nitrogens with zero attached hydrogens (tertiary/aromatic N) is 2. The van der Waals surface area contributed by atoms with Gasteiger partial charge in [-0.2, -0.15) is 13.2 Å². The predicted molar refractivity (Wildman–Crippen MR) is 70.6 cm³/mol. The number of methoxy groups -OCH3 is 1. The van der Waals surface area contributed by atoms with Gasteiger partial charge >= 0.3 is 6.18 Å². The molecule has 4 nitrogen and oxygen atoms in total. The van der Waals surface area contributed by atoms with E-state index in [1.54, 1.807) is 14.0 Å². The Morgan fingerprint density at radius 3 is 2.62 bits per heavy atom. The van der Waals surface area contributed by atoms with Gasteiger partial charge in [-0.15, -0.1) is 0 Å². The number of amides is 1. The van der Waals surface area contributed by atoms with Crippen molar-refractivity contribution in [2.75, 3.05) is 27.3 Å². The smallest absolute Gasteiger partial charge is 0.372 e. The number of rotatable bonds is 3. The molecule has 0 aliphatic rings. The maximum Gasteiger partial charge on any atom is 0.433 e. The van der Waals surface area contributed by atoms with Crippen molar-refractivity contribution >= 4 is 5.91 Å². The number of hydrogen-bond donors (Lipinski definition) is 0. The lowest BCUT2D eigenvalue weighted by Gasteiger charge is -2.16. The van der Waals surface area contributed by atoms with E-state index in [4.69, 9.17) is 4.74 Å². The van der Waals surface area contributed by atoms with E-state index in [2.05, 4.69) is 16.8 Å². The summed E-state index contributed by atoms with van der Waals surface area (Å²) in [6.07, 6.45) is -4.59. The summed E-state index contributed by atoms with van der Waals surface area (Å²) in [5, 5.41) is 0. The van der Waals surface area contributed by atoms with E-state index in [-0.39, 0.29) is 17.9 Å². The molecule has 0 aliphatic carbocycles. The molecule has 0 bridgehead atoms. The Bertz CT molecular complexity index is 574. The molecule has 0 aliphatic heterocycles. The molecule has 1 aromatic heterocycles. The van der Waals surface area contributed by atoms with Gasteiger partial charge in [0.25, 0.3) is 5.91 Å². The molecule has 1 heterocycles. The van der Waals surface area contributed by atoms with Crippen LogP contribution in [0.2, 0.25) is 0 Å². The third-order valence-electron chi connectivity index (χ3n) is 2.66. The Kier molecular flexibility index (Phi) is 5.73. The molecule has 0 atom stereocenters. The van der Waals surface area contributed by atoms with Crippen LogP contribution in [0.25, 0.3) is 0 Å². The lowest BCUT2D eigenvalue weighted by Crippen LogP contribution is -2.27. The van der Waals surface area contributed by atoms with E-state index in [0.29, 0.717) is 6.54 Å².